The number of phosphoric ester groups is 2. The number of unbranched alkanes of at least 4 members (excludes halogenated alkanes) is 52. The van der Waals surface area contributed by atoms with Crippen molar-refractivity contribution in [1.82, 2.24) is 0 Å². The van der Waals surface area contributed by atoms with E-state index in [4.69, 9.17) is 37.0 Å². The van der Waals surface area contributed by atoms with Crippen LogP contribution in [0.15, 0.2) is 0 Å². The van der Waals surface area contributed by atoms with Crippen LogP contribution in [0.2, 0.25) is 0 Å². The summed E-state index contributed by atoms with van der Waals surface area (Å²) in [6.45, 7) is 7.28. The first-order chi connectivity index (χ1) is 48.0. The minimum absolute atomic E-state index is 0.106. The molecule has 588 valence electrons. The van der Waals surface area contributed by atoms with Gasteiger partial charge in [-0.1, -0.05) is 375 Å². The van der Waals surface area contributed by atoms with Crippen molar-refractivity contribution < 1.29 is 80.2 Å². The maximum absolute atomic E-state index is 13.1. The second-order valence-electron chi connectivity index (χ2n) is 29.3. The Kier molecular flexibility index (Phi) is 71.6. The van der Waals surface area contributed by atoms with E-state index in [2.05, 4.69) is 34.6 Å². The Balaban J connectivity index is 5.19. The molecule has 0 heterocycles. The molecule has 5 atom stereocenters. The number of aliphatic hydroxyl groups is 1. The summed E-state index contributed by atoms with van der Waals surface area (Å²) in [6.07, 6.45) is 64.0. The number of phosphoric acid groups is 2. The van der Waals surface area contributed by atoms with E-state index in [1.807, 2.05) is 0 Å². The molecule has 99 heavy (non-hydrogen) atoms. The van der Waals surface area contributed by atoms with Crippen LogP contribution in [-0.4, -0.2) is 96.7 Å². The Labute approximate surface area is 607 Å². The van der Waals surface area contributed by atoms with Gasteiger partial charge < -0.3 is 33.8 Å². The summed E-state index contributed by atoms with van der Waals surface area (Å²) in [5.74, 6) is -1.36. The number of aliphatic hydroxyl groups excluding tert-OH is 1. The van der Waals surface area contributed by atoms with Gasteiger partial charge in [-0.25, -0.2) is 9.13 Å². The molecule has 0 aromatic carbocycles. The zero-order chi connectivity index (χ0) is 72.7. The van der Waals surface area contributed by atoms with Crippen LogP contribution >= 0.6 is 15.6 Å². The van der Waals surface area contributed by atoms with Gasteiger partial charge in [0.25, 0.3) is 0 Å². The van der Waals surface area contributed by atoms with Crippen molar-refractivity contribution in [3.05, 3.63) is 0 Å². The highest BCUT2D eigenvalue weighted by Crippen LogP contribution is 2.45. The van der Waals surface area contributed by atoms with Gasteiger partial charge in [0, 0.05) is 25.7 Å². The normalized spacial score (nSPS) is 13.9. The molecular formula is C80H156O17P2. The van der Waals surface area contributed by atoms with Crippen molar-refractivity contribution in [3.63, 3.8) is 0 Å². The quantitative estimate of drug-likeness (QED) is 0.0222. The van der Waals surface area contributed by atoms with Crippen molar-refractivity contribution in [3.8, 4) is 0 Å². The molecule has 0 aliphatic heterocycles. The summed E-state index contributed by atoms with van der Waals surface area (Å²) in [7, 11) is -9.91. The van der Waals surface area contributed by atoms with Crippen LogP contribution in [0.25, 0.3) is 0 Å². The average molecular weight is 1450 g/mol. The molecular weight excluding hydrogens is 1290 g/mol. The molecule has 0 bridgehead atoms. The highest BCUT2D eigenvalue weighted by atomic mass is 31.2. The van der Waals surface area contributed by atoms with E-state index in [-0.39, 0.29) is 25.7 Å². The lowest BCUT2D eigenvalue weighted by Crippen LogP contribution is -2.30. The third-order valence-electron chi connectivity index (χ3n) is 18.8. The first-order valence-electron chi connectivity index (χ1n) is 41.6. The number of rotatable bonds is 80. The first-order valence-corrected chi connectivity index (χ1v) is 44.6. The molecule has 19 heteroatoms. The zero-order valence-corrected chi connectivity index (χ0v) is 66.4. The second-order valence-corrected chi connectivity index (χ2v) is 32.2. The van der Waals surface area contributed by atoms with Crippen LogP contribution in [0.3, 0.4) is 0 Å². The standard InChI is InChI=1S/C80H156O17P2/c1-6-9-12-15-18-21-23-25-27-29-31-33-35-37-39-44-49-54-59-64-78(83)91-70-76(97-79(84)65-60-55-50-45-40-38-36-34-32-30-28-26-24-22-19-16-13-10-7-2)72-95-99(88,89)93-68-74(81)67-92-98(86,87)94-71-75(69-90-77(82)63-58-53-48-20-17-14-11-8-3)96-80(85)66-61-56-51-46-42-41-43-47-52-57-62-73(4)5/h73-76,81H,6-72H2,1-5H3,(H,86,87)(H,88,89)/t74-,75+,76+/m0/s1. The molecule has 3 N–H and O–H groups in total. The van der Waals surface area contributed by atoms with Gasteiger partial charge in [-0.3, -0.25) is 37.3 Å². The number of carbonyl (C=O) groups is 4. The van der Waals surface area contributed by atoms with E-state index in [1.54, 1.807) is 0 Å². The van der Waals surface area contributed by atoms with Crippen molar-refractivity contribution in [1.29, 1.82) is 0 Å². The summed E-state index contributed by atoms with van der Waals surface area (Å²) < 4.78 is 68.6. The fourth-order valence-corrected chi connectivity index (χ4v) is 14.0. The molecule has 0 fully saturated rings. The van der Waals surface area contributed by atoms with Crippen molar-refractivity contribution in [2.24, 2.45) is 5.92 Å². The average Bonchev–Trinajstić information content (AvgIpc) is 1.40. The Morgan fingerprint density at radius 2 is 0.465 bits per heavy atom. The third kappa shape index (κ3) is 74.1. The van der Waals surface area contributed by atoms with Crippen LogP contribution in [0.5, 0.6) is 0 Å². The van der Waals surface area contributed by atoms with Crippen LogP contribution in [0.4, 0.5) is 0 Å². The van der Waals surface area contributed by atoms with Crippen molar-refractivity contribution >= 4 is 39.5 Å². The van der Waals surface area contributed by atoms with Crippen LogP contribution in [0, 0.1) is 5.92 Å². The molecule has 0 aromatic rings. The maximum atomic E-state index is 13.1. The molecule has 17 nitrogen and oxygen atoms in total. The Hall–Kier alpha value is -1.94. The van der Waals surface area contributed by atoms with Crippen molar-refractivity contribution in [2.45, 2.75) is 445 Å². The van der Waals surface area contributed by atoms with Crippen molar-refractivity contribution in [2.75, 3.05) is 39.6 Å². The molecule has 0 spiro atoms. The first kappa shape index (κ1) is 97.1. The second kappa shape index (κ2) is 73.0. The monoisotopic (exact) mass is 1450 g/mol. The summed E-state index contributed by atoms with van der Waals surface area (Å²) in [5, 5.41) is 10.6. The highest BCUT2D eigenvalue weighted by Gasteiger charge is 2.30. The largest absolute Gasteiger partial charge is 0.472 e. The molecule has 0 saturated carbocycles. The molecule has 0 rings (SSSR count). The highest BCUT2D eigenvalue weighted by molar-refractivity contribution is 7.47. The smallest absolute Gasteiger partial charge is 0.462 e. The van der Waals surface area contributed by atoms with E-state index in [1.165, 1.54) is 244 Å². The zero-order valence-electron chi connectivity index (χ0n) is 64.6. The fraction of sp³-hybridized carbons (Fsp3) is 0.950. The predicted molar refractivity (Wildman–Crippen MR) is 405 cm³/mol. The molecule has 0 radical (unpaired) electrons. The minimum Gasteiger partial charge on any atom is -0.462 e. The molecule has 0 aliphatic rings. The molecule has 0 aliphatic carbocycles. The van der Waals surface area contributed by atoms with Gasteiger partial charge in [0.2, 0.25) is 0 Å². The van der Waals surface area contributed by atoms with E-state index >= 15 is 0 Å². The molecule has 2 unspecified atom stereocenters. The van der Waals surface area contributed by atoms with Crippen LogP contribution in [-0.2, 0) is 65.4 Å². The summed E-state index contributed by atoms with van der Waals surface area (Å²) in [6, 6.07) is 0. The van der Waals surface area contributed by atoms with E-state index < -0.39 is 97.5 Å². The lowest BCUT2D eigenvalue weighted by atomic mass is 10.0. The Morgan fingerprint density at radius 1 is 0.273 bits per heavy atom. The lowest BCUT2D eigenvalue weighted by molar-refractivity contribution is -0.161. The van der Waals surface area contributed by atoms with Gasteiger partial charge >= 0.3 is 39.5 Å². The lowest BCUT2D eigenvalue weighted by Gasteiger charge is -2.21. The van der Waals surface area contributed by atoms with Crippen LogP contribution in [0.1, 0.15) is 426 Å². The fourth-order valence-electron chi connectivity index (χ4n) is 12.4. The SMILES string of the molecule is CCCCCCCCCCCCCCCCCCCCCC(=O)OC[C@H](COP(=O)(O)OC[C@@H](O)COP(=O)(O)OC[C@@H](COC(=O)CCCCCCCCCC)OC(=O)CCCCCCCCCCCCC(C)C)OC(=O)CCCCCCCCCCCCCCCCCCCCC. The third-order valence-corrected chi connectivity index (χ3v) is 20.7. The van der Waals surface area contributed by atoms with Gasteiger partial charge in [0.1, 0.15) is 19.3 Å². The maximum Gasteiger partial charge on any atom is 0.472 e. The number of ether oxygens (including phenoxy) is 4. The van der Waals surface area contributed by atoms with Gasteiger partial charge in [-0.2, -0.15) is 0 Å². The molecule has 0 amide bonds. The summed E-state index contributed by atoms with van der Waals surface area (Å²) in [5.41, 5.74) is 0. The summed E-state index contributed by atoms with van der Waals surface area (Å²) >= 11 is 0. The van der Waals surface area contributed by atoms with Gasteiger partial charge in [-0.15, -0.1) is 0 Å². The minimum atomic E-state index is -4.96. The van der Waals surface area contributed by atoms with E-state index in [9.17, 15) is 43.2 Å². The summed E-state index contributed by atoms with van der Waals surface area (Å²) in [4.78, 5) is 72.9. The van der Waals surface area contributed by atoms with Gasteiger partial charge in [0.05, 0.1) is 26.4 Å². The number of hydrogen-bond donors (Lipinski definition) is 3. The molecule has 0 aromatic heterocycles. The van der Waals surface area contributed by atoms with Gasteiger partial charge in [-0.05, 0) is 31.6 Å². The number of hydrogen-bond acceptors (Lipinski definition) is 15. The predicted octanol–water partition coefficient (Wildman–Crippen LogP) is 24.0. The Morgan fingerprint density at radius 3 is 0.687 bits per heavy atom. The topological polar surface area (TPSA) is 237 Å². The number of carbonyl (C=O) groups excluding carboxylic acids is 4. The van der Waals surface area contributed by atoms with Gasteiger partial charge in [0.15, 0.2) is 12.2 Å². The Bertz CT molecular complexity index is 1890. The van der Waals surface area contributed by atoms with Crippen LogP contribution < -0.4 is 0 Å². The van der Waals surface area contributed by atoms with E-state index in [0.29, 0.717) is 25.7 Å². The van der Waals surface area contributed by atoms with E-state index in [0.717, 1.165) is 102 Å². The molecule has 0 saturated heterocycles. The number of esters is 4.